The third-order valence-corrected chi connectivity index (χ3v) is 5.47. The number of benzene rings is 1. The predicted octanol–water partition coefficient (Wildman–Crippen LogP) is 1.93. The van der Waals surface area contributed by atoms with Gasteiger partial charge >= 0.3 is 6.03 Å². The lowest BCUT2D eigenvalue weighted by Crippen LogP contribution is -2.73. The molecule has 2 saturated heterocycles. The summed E-state index contributed by atoms with van der Waals surface area (Å²) >= 11 is 0. The molecule has 0 radical (unpaired) electrons. The number of urea groups is 1. The van der Waals surface area contributed by atoms with Gasteiger partial charge in [0.25, 0.3) is 0 Å². The molecule has 0 unspecified atom stereocenters. The van der Waals surface area contributed by atoms with Gasteiger partial charge in [-0.25, -0.2) is 4.79 Å². The van der Waals surface area contributed by atoms with Crippen LogP contribution >= 0.6 is 0 Å². The van der Waals surface area contributed by atoms with E-state index in [-0.39, 0.29) is 43.1 Å². The Bertz CT molecular complexity index is 765. The first kappa shape index (κ1) is 20.2. The highest BCUT2D eigenvalue weighted by molar-refractivity contribution is 5.87. The van der Waals surface area contributed by atoms with Crippen molar-refractivity contribution >= 4 is 11.9 Å². The van der Waals surface area contributed by atoms with Gasteiger partial charge in [0.15, 0.2) is 0 Å². The van der Waals surface area contributed by atoms with Crippen molar-refractivity contribution in [1.82, 2.24) is 15.1 Å². The summed E-state index contributed by atoms with van der Waals surface area (Å²) in [5, 5.41) is 12.7. The molecule has 2 N–H and O–H groups in total. The monoisotopic (exact) mass is 383 g/mol. The number of hydrogen-bond acceptors (Lipinski definition) is 3. The average molecular weight is 383 g/mol. The highest BCUT2D eigenvalue weighted by Gasteiger charge is 2.54. The second-order valence-electron chi connectivity index (χ2n) is 7.43. The molecule has 0 aliphatic carbocycles. The Hall–Kier alpha value is -2.52. The summed E-state index contributed by atoms with van der Waals surface area (Å²) in [4.78, 5) is 28.2. The number of rotatable bonds is 5. The molecule has 0 bridgehead atoms. The quantitative estimate of drug-likeness (QED) is 0.763. The van der Waals surface area contributed by atoms with E-state index < -0.39 is 0 Å². The Labute approximate surface area is 166 Å². The summed E-state index contributed by atoms with van der Waals surface area (Å²) in [6.07, 6.45) is 2.77. The van der Waals surface area contributed by atoms with E-state index in [4.69, 9.17) is 0 Å². The van der Waals surface area contributed by atoms with Crippen molar-refractivity contribution in [1.29, 1.82) is 0 Å². The lowest BCUT2D eigenvalue weighted by atomic mass is 9.73. The SMILES string of the molecule is CCCC#Cc1ccc([C@@H]2[C@@H](CO)N3C(=O)CN(C(=O)NCCC)C[C@@H]23)cc1. The molecule has 2 heterocycles. The van der Waals surface area contributed by atoms with Crippen LogP contribution in [0.5, 0.6) is 0 Å². The topological polar surface area (TPSA) is 72.9 Å². The van der Waals surface area contributed by atoms with Crippen molar-refractivity contribution in [3.05, 3.63) is 35.4 Å². The molecule has 0 aromatic heterocycles. The zero-order chi connectivity index (χ0) is 20.1. The van der Waals surface area contributed by atoms with Gasteiger partial charge < -0.3 is 20.2 Å². The van der Waals surface area contributed by atoms with Crippen LogP contribution in [-0.2, 0) is 4.79 Å². The average Bonchev–Trinajstić information content (AvgIpc) is 2.69. The van der Waals surface area contributed by atoms with Gasteiger partial charge in [-0.1, -0.05) is 37.8 Å². The largest absolute Gasteiger partial charge is 0.394 e. The van der Waals surface area contributed by atoms with Crippen molar-refractivity contribution in [2.75, 3.05) is 26.2 Å². The fourth-order valence-electron chi connectivity index (χ4n) is 4.08. The van der Waals surface area contributed by atoms with Crippen LogP contribution in [0.15, 0.2) is 24.3 Å². The van der Waals surface area contributed by atoms with E-state index in [2.05, 4.69) is 24.1 Å². The Morgan fingerprint density at radius 2 is 2.00 bits per heavy atom. The van der Waals surface area contributed by atoms with E-state index in [9.17, 15) is 14.7 Å². The molecule has 3 rings (SSSR count). The molecule has 2 fully saturated rings. The van der Waals surface area contributed by atoms with E-state index in [0.29, 0.717) is 13.1 Å². The number of amides is 3. The van der Waals surface area contributed by atoms with Gasteiger partial charge in [-0.2, -0.15) is 0 Å². The molecule has 3 amide bonds. The smallest absolute Gasteiger partial charge is 0.317 e. The van der Waals surface area contributed by atoms with Crippen LogP contribution in [0.4, 0.5) is 4.79 Å². The number of unbranched alkanes of at least 4 members (excludes halogenated alkanes) is 1. The summed E-state index contributed by atoms with van der Waals surface area (Å²) in [5.74, 6) is 6.22. The molecule has 2 aliphatic rings. The molecule has 2 aliphatic heterocycles. The van der Waals surface area contributed by atoms with Crippen molar-refractivity contribution in [3.63, 3.8) is 0 Å². The maximum atomic E-state index is 12.6. The van der Waals surface area contributed by atoms with Gasteiger partial charge in [0.1, 0.15) is 6.54 Å². The van der Waals surface area contributed by atoms with Gasteiger partial charge in [-0.05, 0) is 30.5 Å². The van der Waals surface area contributed by atoms with Crippen LogP contribution in [0.1, 0.15) is 50.2 Å². The van der Waals surface area contributed by atoms with E-state index in [1.54, 1.807) is 9.80 Å². The normalized spacial score (nSPS) is 23.4. The Morgan fingerprint density at radius 3 is 2.64 bits per heavy atom. The highest BCUT2D eigenvalue weighted by atomic mass is 16.3. The fourth-order valence-corrected chi connectivity index (χ4v) is 4.08. The number of hydrogen-bond donors (Lipinski definition) is 2. The van der Waals surface area contributed by atoms with Crippen molar-refractivity contribution in [2.45, 2.75) is 51.1 Å². The molecule has 28 heavy (non-hydrogen) atoms. The van der Waals surface area contributed by atoms with Crippen LogP contribution in [-0.4, -0.2) is 65.2 Å². The van der Waals surface area contributed by atoms with Crippen molar-refractivity contribution < 1.29 is 14.7 Å². The lowest BCUT2D eigenvalue weighted by molar-refractivity contribution is -0.159. The molecule has 6 nitrogen and oxygen atoms in total. The molecule has 3 atom stereocenters. The maximum Gasteiger partial charge on any atom is 0.317 e. The number of nitrogens with zero attached hydrogens (tertiary/aromatic N) is 2. The molecule has 1 aromatic carbocycles. The third kappa shape index (κ3) is 4.00. The fraction of sp³-hybridized carbons (Fsp3) is 0.545. The minimum Gasteiger partial charge on any atom is -0.394 e. The number of fused-ring (bicyclic) bond motifs is 1. The van der Waals surface area contributed by atoms with Gasteiger partial charge in [0.2, 0.25) is 5.91 Å². The summed E-state index contributed by atoms with van der Waals surface area (Å²) in [6.45, 7) is 5.18. The van der Waals surface area contributed by atoms with Crippen LogP contribution in [0.25, 0.3) is 0 Å². The minimum absolute atomic E-state index is 0.0216. The molecule has 150 valence electrons. The molecule has 0 spiro atoms. The second kappa shape index (κ2) is 9.11. The number of aliphatic hydroxyl groups is 1. The highest BCUT2D eigenvalue weighted by Crippen LogP contribution is 2.42. The Balaban J connectivity index is 1.75. The van der Waals surface area contributed by atoms with Crippen LogP contribution in [0.3, 0.4) is 0 Å². The second-order valence-corrected chi connectivity index (χ2v) is 7.43. The molecule has 6 heteroatoms. The van der Waals surface area contributed by atoms with Crippen molar-refractivity contribution in [3.8, 4) is 11.8 Å². The zero-order valence-electron chi connectivity index (χ0n) is 16.6. The molecular weight excluding hydrogens is 354 g/mol. The summed E-state index contributed by atoms with van der Waals surface area (Å²) < 4.78 is 0. The molecular formula is C22H29N3O3. The van der Waals surface area contributed by atoms with Crippen LogP contribution < -0.4 is 5.32 Å². The number of nitrogens with one attached hydrogen (secondary N) is 1. The lowest BCUT2D eigenvalue weighted by Gasteiger charge is -2.58. The zero-order valence-corrected chi connectivity index (χ0v) is 16.6. The van der Waals surface area contributed by atoms with Crippen LogP contribution in [0, 0.1) is 11.8 Å². The van der Waals surface area contributed by atoms with Gasteiger partial charge in [-0.15, -0.1) is 0 Å². The summed E-state index contributed by atoms with van der Waals surface area (Å²) in [5.41, 5.74) is 2.04. The van der Waals surface area contributed by atoms with Gasteiger partial charge in [0.05, 0.1) is 18.7 Å². The van der Waals surface area contributed by atoms with E-state index >= 15 is 0 Å². The van der Waals surface area contributed by atoms with E-state index in [1.807, 2.05) is 31.2 Å². The van der Waals surface area contributed by atoms with Crippen molar-refractivity contribution in [2.24, 2.45) is 0 Å². The molecule has 0 saturated carbocycles. The number of piperazine rings is 1. The predicted molar refractivity (Wildman–Crippen MR) is 108 cm³/mol. The minimum atomic E-state index is -0.227. The van der Waals surface area contributed by atoms with E-state index in [1.165, 1.54) is 0 Å². The standard InChI is InChI=1S/C22H29N3O3/c1-3-5-6-7-16-8-10-17(11-9-16)21-18-13-24(22(28)23-12-4-2)14-20(27)25(18)19(21)15-26/h8-11,18-19,21,26H,3-5,12-15H2,1-2H3,(H,23,28)/t18-,19+,21-/m0/s1. The Morgan fingerprint density at radius 1 is 1.25 bits per heavy atom. The van der Waals surface area contributed by atoms with Crippen LogP contribution in [0.2, 0.25) is 0 Å². The molecule has 1 aromatic rings. The first-order valence-corrected chi connectivity index (χ1v) is 10.1. The van der Waals surface area contributed by atoms with E-state index in [0.717, 1.165) is 30.4 Å². The first-order valence-electron chi connectivity index (χ1n) is 10.1. The van der Waals surface area contributed by atoms with Gasteiger partial charge in [-0.3, -0.25) is 4.79 Å². The first-order chi connectivity index (χ1) is 13.6. The summed E-state index contributed by atoms with van der Waals surface area (Å²) in [7, 11) is 0. The summed E-state index contributed by atoms with van der Waals surface area (Å²) in [6, 6.07) is 7.53. The number of aliphatic hydroxyl groups excluding tert-OH is 1. The van der Waals surface area contributed by atoms with Gasteiger partial charge in [0, 0.05) is 31.0 Å². The number of carbonyl (C=O) groups excluding carboxylic acids is 2. The maximum absolute atomic E-state index is 12.6. The Kier molecular flexibility index (Phi) is 6.58. The third-order valence-electron chi connectivity index (χ3n) is 5.47. The number of carbonyl (C=O) groups is 2.